The smallest absolute Gasteiger partial charge is 0.126 e. The first kappa shape index (κ1) is 12.6. The van der Waals surface area contributed by atoms with Crippen molar-refractivity contribution in [2.24, 2.45) is 5.73 Å². The predicted molar refractivity (Wildman–Crippen MR) is 71.2 cm³/mol. The Morgan fingerprint density at radius 2 is 2.06 bits per heavy atom. The summed E-state index contributed by atoms with van der Waals surface area (Å²) in [5, 5.41) is 2.68. The van der Waals surface area contributed by atoms with Gasteiger partial charge in [-0.15, -0.1) is 11.3 Å². The van der Waals surface area contributed by atoms with Crippen molar-refractivity contribution in [3.8, 4) is 0 Å². The highest BCUT2D eigenvalue weighted by atomic mass is 35.5. The number of halogens is 2. The molecule has 1 aromatic carbocycles. The van der Waals surface area contributed by atoms with Crippen molar-refractivity contribution in [2.75, 3.05) is 6.54 Å². The van der Waals surface area contributed by atoms with Crippen LogP contribution in [0, 0.1) is 5.82 Å². The van der Waals surface area contributed by atoms with E-state index in [-0.39, 0.29) is 11.7 Å². The fourth-order valence-corrected chi connectivity index (χ4v) is 3.02. The van der Waals surface area contributed by atoms with Crippen LogP contribution in [0.4, 0.5) is 4.39 Å². The summed E-state index contributed by atoms with van der Waals surface area (Å²) in [4.78, 5) is 1.06. The van der Waals surface area contributed by atoms with Crippen LogP contribution in [-0.4, -0.2) is 6.54 Å². The summed E-state index contributed by atoms with van der Waals surface area (Å²) in [5.74, 6) is -0.219. The number of rotatable bonds is 4. The average Bonchev–Trinajstić information content (AvgIpc) is 2.73. The van der Waals surface area contributed by atoms with Gasteiger partial charge in [0.25, 0.3) is 0 Å². The minimum absolute atomic E-state index is 0.0210. The molecule has 90 valence electrons. The highest BCUT2D eigenvalue weighted by Crippen LogP contribution is 2.29. The standard InChI is InChI=1S/C13H13ClFNS/c14-11-5-6-17-13(11)7-9(8-16)10-3-1-2-4-12(10)15/h1-6,9H,7-8,16H2. The third-order valence-corrected chi connectivity index (χ3v) is 4.16. The second-order valence-corrected chi connectivity index (χ2v) is 5.26. The van der Waals surface area contributed by atoms with E-state index in [1.165, 1.54) is 6.07 Å². The summed E-state index contributed by atoms with van der Waals surface area (Å²) < 4.78 is 13.7. The van der Waals surface area contributed by atoms with Crippen molar-refractivity contribution in [2.45, 2.75) is 12.3 Å². The van der Waals surface area contributed by atoms with Crippen LogP contribution >= 0.6 is 22.9 Å². The van der Waals surface area contributed by atoms with Crippen LogP contribution in [-0.2, 0) is 6.42 Å². The molecule has 0 radical (unpaired) electrons. The molecule has 0 spiro atoms. The Labute approximate surface area is 109 Å². The fraction of sp³-hybridized carbons (Fsp3) is 0.231. The van der Waals surface area contributed by atoms with Gasteiger partial charge in [0.15, 0.2) is 0 Å². The van der Waals surface area contributed by atoms with Gasteiger partial charge < -0.3 is 5.73 Å². The van der Waals surface area contributed by atoms with E-state index in [0.29, 0.717) is 18.5 Å². The van der Waals surface area contributed by atoms with Gasteiger partial charge in [-0.05, 0) is 36.0 Å². The lowest BCUT2D eigenvalue weighted by atomic mass is 9.94. The number of hydrogen-bond donors (Lipinski definition) is 1. The van der Waals surface area contributed by atoms with Crippen molar-refractivity contribution in [3.63, 3.8) is 0 Å². The normalized spacial score (nSPS) is 12.6. The maximum absolute atomic E-state index is 13.7. The average molecular weight is 270 g/mol. The molecule has 0 aliphatic rings. The van der Waals surface area contributed by atoms with E-state index in [2.05, 4.69) is 0 Å². The SMILES string of the molecule is NCC(Cc1sccc1Cl)c1ccccc1F. The summed E-state index contributed by atoms with van der Waals surface area (Å²) in [6.07, 6.45) is 0.688. The highest BCUT2D eigenvalue weighted by molar-refractivity contribution is 7.10. The monoisotopic (exact) mass is 269 g/mol. The molecule has 2 N–H and O–H groups in total. The van der Waals surface area contributed by atoms with Gasteiger partial charge in [0.2, 0.25) is 0 Å². The Kier molecular flexibility index (Phi) is 4.15. The maximum Gasteiger partial charge on any atom is 0.126 e. The molecule has 0 bridgehead atoms. The second kappa shape index (κ2) is 5.63. The van der Waals surface area contributed by atoms with Crippen LogP contribution < -0.4 is 5.73 Å². The molecule has 0 amide bonds. The summed E-state index contributed by atoms with van der Waals surface area (Å²) in [6.45, 7) is 0.412. The van der Waals surface area contributed by atoms with Crippen LogP contribution in [0.2, 0.25) is 5.02 Å². The Balaban J connectivity index is 2.23. The molecule has 1 aromatic heterocycles. The lowest BCUT2D eigenvalue weighted by Crippen LogP contribution is -2.16. The molecule has 0 fully saturated rings. The van der Waals surface area contributed by atoms with E-state index < -0.39 is 0 Å². The third-order valence-electron chi connectivity index (χ3n) is 2.75. The van der Waals surface area contributed by atoms with Gasteiger partial charge in [-0.25, -0.2) is 4.39 Å². The number of hydrogen-bond acceptors (Lipinski definition) is 2. The molecule has 0 aliphatic carbocycles. The zero-order valence-electron chi connectivity index (χ0n) is 9.20. The molecule has 2 rings (SSSR count). The lowest BCUT2D eigenvalue weighted by Gasteiger charge is -2.15. The molecular weight excluding hydrogens is 257 g/mol. The minimum Gasteiger partial charge on any atom is -0.330 e. The second-order valence-electron chi connectivity index (χ2n) is 3.85. The van der Waals surface area contributed by atoms with Crippen LogP contribution in [0.1, 0.15) is 16.4 Å². The zero-order valence-corrected chi connectivity index (χ0v) is 10.8. The van der Waals surface area contributed by atoms with E-state index >= 15 is 0 Å². The molecule has 4 heteroatoms. The number of thiophene rings is 1. The van der Waals surface area contributed by atoms with E-state index in [1.807, 2.05) is 17.5 Å². The lowest BCUT2D eigenvalue weighted by molar-refractivity contribution is 0.577. The van der Waals surface area contributed by atoms with Gasteiger partial charge >= 0.3 is 0 Å². The van der Waals surface area contributed by atoms with Crippen LogP contribution in [0.15, 0.2) is 35.7 Å². The summed E-state index contributed by atoms with van der Waals surface area (Å²) in [5.41, 5.74) is 6.40. The van der Waals surface area contributed by atoms with Crippen molar-refractivity contribution < 1.29 is 4.39 Å². The molecule has 0 saturated carbocycles. The topological polar surface area (TPSA) is 26.0 Å². The minimum atomic E-state index is -0.198. The first-order chi connectivity index (χ1) is 8.22. The largest absolute Gasteiger partial charge is 0.330 e. The van der Waals surface area contributed by atoms with Crippen molar-refractivity contribution >= 4 is 22.9 Å². The van der Waals surface area contributed by atoms with Gasteiger partial charge in [-0.1, -0.05) is 29.8 Å². The Morgan fingerprint density at radius 3 is 2.65 bits per heavy atom. The van der Waals surface area contributed by atoms with Gasteiger partial charge in [0, 0.05) is 10.8 Å². The molecule has 17 heavy (non-hydrogen) atoms. The van der Waals surface area contributed by atoms with Gasteiger partial charge in [-0.2, -0.15) is 0 Å². The maximum atomic E-state index is 13.7. The summed E-state index contributed by atoms with van der Waals surface area (Å²) >= 11 is 7.63. The van der Waals surface area contributed by atoms with Crippen LogP contribution in [0.3, 0.4) is 0 Å². The Hall–Kier alpha value is -0.900. The van der Waals surface area contributed by atoms with Gasteiger partial charge in [0.1, 0.15) is 5.82 Å². The van der Waals surface area contributed by atoms with E-state index in [9.17, 15) is 4.39 Å². The summed E-state index contributed by atoms with van der Waals surface area (Å²) in [6, 6.07) is 8.63. The predicted octanol–water partition coefficient (Wildman–Crippen LogP) is 3.83. The van der Waals surface area contributed by atoms with E-state index in [1.54, 1.807) is 23.5 Å². The number of benzene rings is 1. The molecule has 1 nitrogen and oxygen atoms in total. The first-order valence-corrected chi connectivity index (χ1v) is 6.64. The molecule has 1 atom stereocenters. The number of nitrogens with two attached hydrogens (primary N) is 1. The quantitative estimate of drug-likeness (QED) is 0.897. The molecule has 1 unspecified atom stereocenters. The molecule has 1 heterocycles. The van der Waals surface area contributed by atoms with Gasteiger partial charge in [0.05, 0.1) is 5.02 Å². The van der Waals surface area contributed by atoms with Crippen molar-refractivity contribution in [3.05, 3.63) is 57.0 Å². The fourth-order valence-electron chi connectivity index (χ4n) is 1.82. The molecule has 2 aromatic rings. The summed E-state index contributed by atoms with van der Waals surface area (Å²) in [7, 11) is 0. The van der Waals surface area contributed by atoms with Crippen molar-refractivity contribution in [1.29, 1.82) is 0 Å². The third kappa shape index (κ3) is 2.86. The van der Waals surface area contributed by atoms with Crippen LogP contribution in [0.5, 0.6) is 0 Å². The van der Waals surface area contributed by atoms with Crippen molar-refractivity contribution in [1.82, 2.24) is 0 Å². The molecule has 0 saturated heterocycles. The molecular formula is C13H13ClFNS. The van der Waals surface area contributed by atoms with E-state index in [0.717, 1.165) is 9.90 Å². The highest BCUT2D eigenvalue weighted by Gasteiger charge is 2.16. The Morgan fingerprint density at radius 1 is 1.29 bits per heavy atom. The first-order valence-electron chi connectivity index (χ1n) is 5.38. The van der Waals surface area contributed by atoms with Crippen LogP contribution in [0.25, 0.3) is 0 Å². The Bertz CT molecular complexity index is 498. The van der Waals surface area contributed by atoms with Gasteiger partial charge in [-0.3, -0.25) is 0 Å². The van der Waals surface area contributed by atoms with E-state index in [4.69, 9.17) is 17.3 Å². The molecule has 0 aliphatic heterocycles. The zero-order chi connectivity index (χ0) is 12.3.